The standard InChI is InChI=1S/C13H17NO6S/c1-14(9-13(17)20-2)21(18,19)11-6-3-10(4-7-11)5-8-12(15)16/h3-4,6-7H,5,8-9H2,1-2H3,(H,15,16). The van der Waals surface area contributed by atoms with Gasteiger partial charge in [-0.1, -0.05) is 12.1 Å². The summed E-state index contributed by atoms with van der Waals surface area (Å²) in [6.07, 6.45) is 0.308. The Bertz CT molecular complexity index is 608. The molecule has 0 bridgehead atoms. The van der Waals surface area contributed by atoms with E-state index in [4.69, 9.17) is 5.11 Å². The van der Waals surface area contributed by atoms with Crippen LogP contribution in [0.5, 0.6) is 0 Å². The number of hydrogen-bond donors (Lipinski definition) is 1. The van der Waals surface area contributed by atoms with Crippen LogP contribution in [0.2, 0.25) is 0 Å². The van der Waals surface area contributed by atoms with E-state index in [1.807, 2.05) is 0 Å². The number of carboxylic acids is 1. The molecule has 1 N–H and O–H groups in total. The highest BCUT2D eigenvalue weighted by Crippen LogP contribution is 2.16. The van der Waals surface area contributed by atoms with Crippen LogP contribution in [0.3, 0.4) is 0 Å². The Morgan fingerprint density at radius 3 is 2.29 bits per heavy atom. The van der Waals surface area contributed by atoms with Gasteiger partial charge >= 0.3 is 11.9 Å². The van der Waals surface area contributed by atoms with Crippen LogP contribution in [-0.4, -0.2) is 50.5 Å². The quantitative estimate of drug-likeness (QED) is 0.735. The molecule has 0 fully saturated rings. The summed E-state index contributed by atoms with van der Waals surface area (Å²) >= 11 is 0. The van der Waals surface area contributed by atoms with Gasteiger partial charge in [0, 0.05) is 13.5 Å². The molecule has 7 nitrogen and oxygen atoms in total. The fraction of sp³-hybridized carbons (Fsp3) is 0.385. The van der Waals surface area contributed by atoms with Crippen molar-refractivity contribution in [2.45, 2.75) is 17.7 Å². The molecule has 0 saturated heterocycles. The maximum Gasteiger partial charge on any atom is 0.321 e. The van der Waals surface area contributed by atoms with Crippen molar-refractivity contribution in [1.82, 2.24) is 4.31 Å². The van der Waals surface area contributed by atoms with Gasteiger partial charge in [-0.15, -0.1) is 0 Å². The van der Waals surface area contributed by atoms with Gasteiger partial charge in [-0.2, -0.15) is 4.31 Å². The molecular weight excluding hydrogens is 298 g/mol. The largest absolute Gasteiger partial charge is 0.481 e. The van der Waals surface area contributed by atoms with Gasteiger partial charge in [-0.3, -0.25) is 9.59 Å². The zero-order valence-corrected chi connectivity index (χ0v) is 12.6. The van der Waals surface area contributed by atoms with Gasteiger partial charge in [0.05, 0.1) is 12.0 Å². The molecule has 0 radical (unpaired) electrons. The molecule has 0 atom stereocenters. The minimum absolute atomic E-state index is 0.0195. The second-order valence-electron chi connectivity index (χ2n) is 4.37. The second-order valence-corrected chi connectivity index (χ2v) is 6.42. The fourth-order valence-electron chi connectivity index (χ4n) is 1.59. The van der Waals surface area contributed by atoms with Crippen molar-refractivity contribution < 1.29 is 27.9 Å². The maximum atomic E-state index is 12.2. The average Bonchev–Trinajstić information content (AvgIpc) is 2.45. The molecule has 0 aliphatic carbocycles. The highest BCUT2D eigenvalue weighted by molar-refractivity contribution is 7.89. The van der Waals surface area contributed by atoms with E-state index in [2.05, 4.69) is 4.74 Å². The van der Waals surface area contributed by atoms with Crippen LogP contribution in [0.4, 0.5) is 0 Å². The van der Waals surface area contributed by atoms with Crippen molar-refractivity contribution in [3.8, 4) is 0 Å². The minimum atomic E-state index is -3.78. The predicted octanol–water partition coefficient (Wildman–Crippen LogP) is 0.497. The van der Waals surface area contributed by atoms with Crippen molar-refractivity contribution in [2.75, 3.05) is 20.7 Å². The Balaban J connectivity index is 2.84. The van der Waals surface area contributed by atoms with E-state index >= 15 is 0 Å². The van der Waals surface area contributed by atoms with Crippen LogP contribution in [0.25, 0.3) is 0 Å². The molecule has 1 aromatic rings. The molecule has 0 amide bonds. The monoisotopic (exact) mass is 315 g/mol. The van der Waals surface area contributed by atoms with E-state index in [1.165, 1.54) is 26.3 Å². The van der Waals surface area contributed by atoms with E-state index in [0.29, 0.717) is 6.42 Å². The number of nitrogens with zero attached hydrogens (tertiary/aromatic N) is 1. The summed E-state index contributed by atoms with van der Waals surface area (Å²) in [7, 11) is -1.31. The number of benzene rings is 1. The van der Waals surface area contributed by atoms with E-state index in [9.17, 15) is 18.0 Å². The lowest BCUT2D eigenvalue weighted by Gasteiger charge is -2.16. The van der Waals surface area contributed by atoms with E-state index in [1.54, 1.807) is 12.1 Å². The highest BCUT2D eigenvalue weighted by Gasteiger charge is 2.23. The molecule has 1 rings (SSSR count). The summed E-state index contributed by atoms with van der Waals surface area (Å²) in [5.74, 6) is -1.57. The zero-order valence-electron chi connectivity index (χ0n) is 11.8. The van der Waals surface area contributed by atoms with Crippen LogP contribution >= 0.6 is 0 Å². The lowest BCUT2D eigenvalue weighted by molar-refractivity contribution is -0.140. The van der Waals surface area contributed by atoms with Crippen molar-refractivity contribution in [2.24, 2.45) is 0 Å². The molecule has 0 saturated carbocycles. The summed E-state index contributed by atoms with van der Waals surface area (Å²) in [6.45, 7) is -0.375. The van der Waals surface area contributed by atoms with Gasteiger partial charge in [0.25, 0.3) is 0 Å². The summed E-state index contributed by atoms with van der Waals surface area (Å²) in [5, 5.41) is 8.59. The summed E-state index contributed by atoms with van der Waals surface area (Å²) in [4.78, 5) is 21.6. The molecule has 0 aromatic heterocycles. The first-order chi connectivity index (χ1) is 9.77. The maximum absolute atomic E-state index is 12.2. The Morgan fingerprint density at radius 1 is 1.24 bits per heavy atom. The molecule has 8 heteroatoms. The normalized spacial score (nSPS) is 11.4. The molecule has 21 heavy (non-hydrogen) atoms. The number of aliphatic carboxylic acids is 1. The van der Waals surface area contributed by atoms with Crippen LogP contribution in [-0.2, 0) is 30.8 Å². The molecule has 1 aromatic carbocycles. The Hall–Kier alpha value is -1.93. The Labute approximate surface area is 123 Å². The topological polar surface area (TPSA) is 101 Å². The van der Waals surface area contributed by atoms with E-state index in [-0.39, 0.29) is 17.9 Å². The SMILES string of the molecule is COC(=O)CN(C)S(=O)(=O)c1ccc(CCC(=O)O)cc1. The van der Waals surface area contributed by atoms with Crippen LogP contribution < -0.4 is 0 Å². The molecule has 116 valence electrons. The lowest BCUT2D eigenvalue weighted by atomic mass is 10.1. The minimum Gasteiger partial charge on any atom is -0.481 e. The van der Waals surface area contributed by atoms with Crippen LogP contribution in [0.15, 0.2) is 29.2 Å². The number of esters is 1. The first-order valence-corrected chi connectivity index (χ1v) is 7.55. The van der Waals surface area contributed by atoms with Crippen molar-refractivity contribution >= 4 is 22.0 Å². The van der Waals surface area contributed by atoms with Crippen molar-refractivity contribution in [3.05, 3.63) is 29.8 Å². The number of ether oxygens (including phenoxy) is 1. The molecule has 0 aliphatic heterocycles. The number of carboxylic acid groups (broad SMARTS) is 1. The molecular formula is C13H17NO6S. The third-order valence-corrected chi connectivity index (χ3v) is 4.66. The highest BCUT2D eigenvalue weighted by atomic mass is 32.2. The fourth-order valence-corrected chi connectivity index (χ4v) is 2.71. The number of rotatable bonds is 7. The van der Waals surface area contributed by atoms with Gasteiger partial charge in [0.1, 0.15) is 6.54 Å². The van der Waals surface area contributed by atoms with E-state index in [0.717, 1.165) is 9.87 Å². The summed E-state index contributed by atoms with van der Waals surface area (Å²) in [6, 6.07) is 5.89. The van der Waals surface area contributed by atoms with Crippen LogP contribution in [0, 0.1) is 0 Å². The van der Waals surface area contributed by atoms with E-state index < -0.39 is 22.0 Å². The van der Waals surface area contributed by atoms with Gasteiger partial charge in [-0.05, 0) is 24.1 Å². The van der Waals surface area contributed by atoms with Gasteiger partial charge in [-0.25, -0.2) is 8.42 Å². The number of carbonyl (C=O) groups is 2. The first-order valence-electron chi connectivity index (χ1n) is 6.11. The first kappa shape index (κ1) is 17.1. The van der Waals surface area contributed by atoms with Crippen molar-refractivity contribution in [1.29, 1.82) is 0 Å². The molecule has 0 heterocycles. The number of carbonyl (C=O) groups excluding carboxylic acids is 1. The number of likely N-dealkylation sites (N-methyl/N-ethyl adjacent to an activating group) is 1. The van der Waals surface area contributed by atoms with Crippen LogP contribution in [0.1, 0.15) is 12.0 Å². The predicted molar refractivity (Wildman–Crippen MR) is 74.2 cm³/mol. The number of hydrogen-bond acceptors (Lipinski definition) is 5. The average molecular weight is 315 g/mol. The lowest BCUT2D eigenvalue weighted by Crippen LogP contribution is -2.32. The number of sulfonamides is 1. The van der Waals surface area contributed by atoms with Gasteiger partial charge in [0.15, 0.2) is 0 Å². The van der Waals surface area contributed by atoms with Gasteiger partial charge < -0.3 is 9.84 Å². The smallest absolute Gasteiger partial charge is 0.321 e. The third kappa shape index (κ3) is 4.83. The molecule has 0 spiro atoms. The summed E-state index contributed by atoms with van der Waals surface area (Å²) < 4.78 is 29.7. The third-order valence-electron chi connectivity index (χ3n) is 2.84. The Morgan fingerprint density at radius 2 is 1.81 bits per heavy atom. The zero-order chi connectivity index (χ0) is 16.0. The number of methoxy groups -OCH3 is 1. The number of aryl methyl sites for hydroxylation is 1. The molecule has 0 aliphatic rings. The Kier molecular flexibility index (Phi) is 5.86. The van der Waals surface area contributed by atoms with Crippen molar-refractivity contribution in [3.63, 3.8) is 0 Å². The second kappa shape index (κ2) is 7.19. The summed E-state index contributed by atoms with van der Waals surface area (Å²) in [5.41, 5.74) is 0.729. The van der Waals surface area contributed by atoms with Gasteiger partial charge in [0.2, 0.25) is 10.0 Å². The molecule has 0 unspecified atom stereocenters.